The van der Waals surface area contributed by atoms with Gasteiger partial charge in [-0.2, -0.15) is 13.6 Å². The van der Waals surface area contributed by atoms with Crippen molar-refractivity contribution in [1.82, 2.24) is 20.2 Å². The Morgan fingerprint density at radius 1 is 1.20 bits per heavy atom. The van der Waals surface area contributed by atoms with Crippen LogP contribution in [0, 0.1) is 0 Å². The van der Waals surface area contributed by atoms with Crippen molar-refractivity contribution in [3.8, 4) is 17.1 Å². The average Bonchev–Trinajstić information content (AvgIpc) is 3.05. The van der Waals surface area contributed by atoms with E-state index < -0.39 is 5.76 Å². The molecule has 0 N–H and O–H groups in total. The van der Waals surface area contributed by atoms with Gasteiger partial charge in [0.25, 0.3) is 5.76 Å². The summed E-state index contributed by atoms with van der Waals surface area (Å²) in [5.41, 5.74) is 1.69. The Hall–Kier alpha value is -2.00. The minimum atomic E-state index is -2.50. The van der Waals surface area contributed by atoms with Crippen LogP contribution in [0.25, 0.3) is 11.4 Å². The molecular formula is C16H13BrF2N4OS. The molecule has 1 heterocycles. The first-order valence-electron chi connectivity index (χ1n) is 7.20. The molecule has 0 saturated carbocycles. The van der Waals surface area contributed by atoms with Crippen molar-refractivity contribution in [3.05, 3.63) is 52.5 Å². The Balaban J connectivity index is 1.77. The molecule has 0 aliphatic heterocycles. The monoisotopic (exact) mass is 426 g/mol. The zero-order valence-corrected chi connectivity index (χ0v) is 15.5. The maximum absolute atomic E-state index is 12.5. The number of rotatable bonds is 6. The Labute approximate surface area is 155 Å². The summed E-state index contributed by atoms with van der Waals surface area (Å²) in [4.78, 5) is 1.84. The third-order valence-corrected chi connectivity index (χ3v) is 4.62. The van der Waals surface area contributed by atoms with Crippen LogP contribution in [0.1, 0.15) is 5.56 Å². The first-order valence-corrected chi connectivity index (χ1v) is 8.88. The number of aromatic nitrogens is 4. The molecule has 3 rings (SSSR count). The zero-order chi connectivity index (χ0) is 17.8. The van der Waals surface area contributed by atoms with Crippen LogP contribution in [0.15, 0.2) is 51.8 Å². The lowest BCUT2D eigenvalue weighted by Gasteiger charge is -2.09. The molecule has 5 nitrogen and oxygen atoms in total. The molecule has 9 heteroatoms. The van der Waals surface area contributed by atoms with Gasteiger partial charge in [-0.05, 0) is 47.2 Å². The Morgan fingerprint density at radius 3 is 2.64 bits per heavy atom. The molecule has 0 aliphatic carbocycles. The van der Waals surface area contributed by atoms with Crippen molar-refractivity contribution in [1.29, 1.82) is 0 Å². The van der Waals surface area contributed by atoms with Gasteiger partial charge >= 0.3 is 0 Å². The summed E-state index contributed by atoms with van der Waals surface area (Å²) >= 11 is 3.83. The number of methoxy groups -OCH3 is 1. The summed E-state index contributed by atoms with van der Waals surface area (Å²) in [5.74, 6) is -1.58. The van der Waals surface area contributed by atoms with Gasteiger partial charge in [-0.15, -0.1) is 10.2 Å². The summed E-state index contributed by atoms with van der Waals surface area (Å²) in [6.07, 6.45) is 0. The van der Waals surface area contributed by atoms with Gasteiger partial charge in [0, 0.05) is 10.0 Å². The molecule has 2 aromatic carbocycles. The quantitative estimate of drug-likeness (QED) is 0.544. The van der Waals surface area contributed by atoms with Gasteiger partial charge in [-0.25, -0.2) is 0 Å². The summed E-state index contributed by atoms with van der Waals surface area (Å²) in [7, 11) is 1.45. The molecule has 0 unspecified atom stereocenters. The lowest BCUT2D eigenvalue weighted by atomic mass is 10.2. The van der Waals surface area contributed by atoms with Crippen molar-refractivity contribution in [2.75, 3.05) is 7.11 Å². The van der Waals surface area contributed by atoms with Gasteiger partial charge in [-0.3, -0.25) is 0 Å². The molecule has 3 aromatic rings. The van der Waals surface area contributed by atoms with Crippen LogP contribution in [0.4, 0.5) is 8.78 Å². The maximum Gasteiger partial charge on any atom is 0.289 e. The van der Waals surface area contributed by atoms with E-state index in [4.69, 9.17) is 4.74 Å². The number of nitrogens with zero attached hydrogens (tertiary/aromatic N) is 4. The smallest absolute Gasteiger partial charge is 0.289 e. The van der Waals surface area contributed by atoms with Crippen molar-refractivity contribution < 1.29 is 13.5 Å². The predicted octanol–water partition coefficient (Wildman–Crippen LogP) is 4.47. The second-order valence-corrected chi connectivity index (χ2v) is 6.96. The second kappa shape index (κ2) is 7.92. The van der Waals surface area contributed by atoms with E-state index in [0.717, 1.165) is 15.6 Å². The minimum absolute atomic E-state index is 0.361. The van der Waals surface area contributed by atoms with Gasteiger partial charge in [0.15, 0.2) is 0 Å². The SMILES string of the molecule is COc1cc(Cn2nnc(-c3ccc(Br)cc3)n2)ccc1SC(F)F. The molecule has 0 aliphatic rings. The van der Waals surface area contributed by atoms with Gasteiger partial charge in [0.2, 0.25) is 5.82 Å². The molecule has 1 aromatic heterocycles. The lowest BCUT2D eigenvalue weighted by molar-refractivity contribution is 0.251. The molecule has 0 atom stereocenters. The van der Waals surface area contributed by atoms with Crippen LogP contribution < -0.4 is 4.74 Å². The highest BCUT2D eigenvalue weighted by Crippen LogP contribution is 2.34. The number of benzene rings is 2. The van der Waals surface area contributed by atoms with Crippen LogP contribution in [0.5, 0.6) is 5.75 Å². The number of thioether (sulfide) groups is 1. The third kappa shape index (κ3) is 4.55. The molecule has 0 fully saturated rings. The highest BCUT2D eigenvalue weighted by atomic mass is 79.9. The standard InChI is InChI=1S/C16H13BrF2N4OS/c1-24-13-8-10(2-7-14(13)25-16(18)19)9-23-21-15(20-22-23)11-3-5-12(17)6-4-11/h2-8,16H,9H2,1H3. The van der Waals surface area contributed by atoms with Crippen molar-refractivity contribution in [2.45, 2.75) is 17.2 Å². The molecule has 0 spiro atoms. The maximum atomic E-state index is 12.5. The van der Waals surface area contributed by atoms with Crippen molar-refractivity contribution in [2.24, 2.45) is 0 Å². The van der Waals surface area contributed by atoms with E-state index in [1.54, 1.807) is 18.2 Å². The van der Waals surface area contributed by atoms with E-state index >= 15 is 0 Å². The Kier molecular flexibility index (Phi) is 5.64. The van der Waals surface area contributed by atoms with Crippen molar-refractivity contribution >= 4 is 27.7 Å². The number of alkyl halides is 2. The molecule has 0 radical (unpaired) electrons. The fourth-order valence-electron chi connectivity index (χ4n) is 2.19. The predicted molar refractivity (Wildman–Crippen MR) is 94.9 cm³/mol. The van der Waals surface area contributed by atoms with Crippen LogP contribution in [-0.4, -0.2) is 33.1 Å². The lowest BCUT2D eigenvalue weighted by Crippen LogP contribution is -2.04. The van der Waals surface area contributed by atoms with Crippen LogP contribution in [-0.2, 0) is 6.54 Å². The van der Waals surface area contributed by atoms with E-state index in [1.165, 1.54) is 11.9 Å². The second-order valence-electron chi connectivity index (χ2n) is 5.01. The molecule has 25 heavy (non-hydrogen) atoms. The fraction of sp³-hybridized carbons (Fsp3) is 0.188. The number of tetrazole rings is 1. The van der Waals surface area contributed by atoms with Crippen molar-refractivity contribution in [3.63, 3.8) is 0 Å². The zero-order valence-electron chi connectivity index (χ0n) is 13.1. The number of halogens is 3. The first-order chi connectivity index (χ1) is 12.0. The van der Waals surface area contributed by atoms with E-state index in [2.05, 4.69) is 31.3 Å². The van der Waals surface area contributed by atoms with Crippen LogP contribution >= 0.6 is 27.7 Å². The van der Waals surface area contributed by atoms with Crippen LogP contribution in [0.3, 0.4) is 0 Å². The summed E-state index contributed by atoms with van der Waals surface area (Å²) in [6.45, 7) is 0.361. The highest BCUT2D eigenvalue weighted by Gasteiger charge is 2.12. The minimum Gasteiger partial charge on any atom is -0.496 e. The number of ether oxygens (including phenoxy) is 1. The van der Waals surface area contributed by atoms with E-state index in [0.29, 0.717) is 34.8 Å². The molecule has 130 valence electrons. The third-order valence-electron chi connectivity index (χ3n) is 3.32. The first kappa shape index (κ1) is 17.8. The summed E-state index contributed by atoms with van der Waals surface area (Å²) in [6, 6.07) is 12.6. The van der Waals surface area contributed by atoms with E-state index in [1.807, 2.05) is 24.3 Å². The van der Waals surface area contributed by atoms with Gasteiger partial charge in [0.1, 0.15) is 5.75 Å². The Bertz CT molecular complexity index is 858. The number of hydrogen-bond acceptors (Lipinski definition) is 5. The molecule has 0 amide bonds. The number of hydrogen-bond donors (Lipinski definition) is 0. The molecular weight excluding hydrogens is 414 g/mol. The summed E-state index contributed by atoms with van der Waals surface area (Å²) < 4.78 is 31.2. The van der Waals surface area contributed by atoms with E-state index in [-0.39, 0.29) is 0 Å². The highest BCUT2D eigenvalue weighted by molar-refractivity contribution is 9.10. The topological polar surface area (TPSA) is 52.8 Å². The van der Waals surface area contributed by atoms with Gasteiger partial charge in [0.05, 0.1) is 18.6 Å². The van der Waals surface area contributed by atoms with Gasteiger partial charge < -0.3 is 4.74 Å². The molecule has 0 saturated heterocycles. The molecule has 0 bridgehead atoms. The normalized spacial score (nSPS) is 11.1. The van der Waals surface area contributed by atoms with Crippen LogP contribution in [0.2, 0.25) is 0 Å². The fourth-order valence-corrected chi connectivity index (χ4v) is 3.05. The largest absolute Gasteiger partial charge is 0.496 e. The Morgan fingerprint density at radius 2 is 1.96 bits per heavy atom. The van der Waals surface area contributed by atoms with Gasteiger partial charge in [-0.1, -0.05) is 33.8 Å². The average molecular weight is 427 g/mol. The van der Waals surface area contributed by atoms with E-state index in [9.17, 15) is 8.78 Å². The summed E-state index contributed by atoms with van der Waals surface area (Å²) in [5, 5.41) is 12.4.